The molecule has 0 saturated carbocycles. The molecule has 1 aromatic carbocycles. The van der Waals surface area contributed by atoms with E-state index in [9.17, 15) is 10.5 Å². The second-order valence-corrected chi connectivity index (χ2v) is 6.07. The molecule has 0 aliphatic heterocycles. The molecule has 0 radical (unpaired) electrons. The van der Waals surface area contributed by atoms with Crippen molar-refractivity contribution in [3.63, 3.8) is 0 Å². The van der Waals surface area contributed by atoms with Gasteiger partial charge in [0.25, 0.3) is 5.82 Å². The summed E-state index contributed by atoms with van der Waals surface area (Å²) in [6.07, 6.45) is 2.02. The van der Waals surface area contributed by atoms with Crippen LogP contribution in [-0.2, 0) is 0 Å². The summed E-state index contributed by atoms with van der Waals surface area (Å²) in [6.45, 7) is 6.34. The highest BCUT2D eigenvalue weighted by atomic mass is 16.5. The maximum atomic E-state index is 9.59. The Morgan fingerprint density at radius 1 is 1.15 bits per heavy atom. The topological polar surface area (TPSA) is 97.0 Å². The van der Waals surface area contributed by atoms with Crippen LogP contribution in [0, 0.1) is 29.6 Å². The Bertz CT molecular complexity index is 1030. The number of aromatic amines is 1. The van der Waals surface area contributed by atoms with E-state index in [2.05, 4.69) is 17.1 Å². The highest BCUT2D eigenvalue weighted by Crippen LogP contribution is 2.42. The third kappa shape index (κ3) is 2.70. The van der Waals surface area contributed by atoms with Crippen molar-refractivity contribution in [2.45, 2.75) is 20.8 Å². The molecule has 0 amide bonds. The van der Waals surface area contributed by atoms with Gasteiger partial charge in [0.2, 0.25) is 0 Å². The van der Waals surface area contributed by atoms with Crippen molar-refractivity contribution < 1.29 is 9.72 Å². The molecule has 5 nitrogen and oxygen atoms in total. The van der Waals surface area contributed by atoms with Gasteiger partial charge < -0.3 is 4.74 Å². The Labute approximate surface area is 152 Å². The second kappa shape index (κ2) is 6.74. The molecule has 1 aromatic heterocycles. The van der Waals surface area contributed by atoms with Gasteiger partial charge in [0.15, 0.2) is 5.69 Å². The van der Waals surface area contributed by atoms with Gasteiger partial charge in [0.1, 0.15) is 29.0 Å². The van der Waals surface area contributed by atoms with Crippen LogP contribution in [-0.4, -0.2) is 6.61 Å². The zero-order valence-electron chi connectivity index (χ0n) is 15.0. The molecule has 128 valence electrons. The number of nitrogens with zero attached hydrogens (tertiary/aromatic N) is 2. The van der Waals surface area contributed by atoms with Crippen LogP contribution in [0.4, 0.5) is 5.82 Å². The van der Waals surface area contributed by atoms with E-state index in [0.717, 1.165) is 33.6 Å². The fourth-order valence-electron chi connectivity index (χ4n) is 3.27. The van der Waals surface area contributed by atoms with Crippen LogP contribution >= 0.6 is 0 Å². The summed E-state index contributed by atoms with van der Waals surface area (Å²) in [5, 5.41) is 19.0. The van der Waals surface area contributed by atoms with Crippen molar-refractivity contribution >= 4 is 23.0 Å². The predicted molar refractivity (Wildman–Crippen MR) is 101 cm³/mol. The lowest BCUT2D eigenvalue weighted by atomic mass is 9.95. The van der Waals surface area contributed by atoms with E-state index < -0.39 is 0 Å². The Morgan fingerprint density at radius 3 is 2.42 bits per heavy atom. The van der Waals surface area contributed by atoms with Gasteiger partial charge in [-0.15, -0.1) is 0 Å². The van der Waals surface area contributed by atoms with Crippen LogP contribution in [0.15, 0.2) is 29.8 Å². The summed E-state index contributed by atoms with van der Waals surface area (Å²) in [5.41, 5.74) is 12.0. The average molecular weight is 343 g/mol. The maximum Gasteiger partial charge on any atom is 0.289 e. The molecule has 0 atom stereocenters. The van der Waals surface area contributed by atoms with Crippen LogP contribution in [0.3, 0.4) is 0 Å². The Hall–Kier alpha value is -3.57. The lowest BCUT2D eigenvalue weighted by molar-refractivity contribution is -0.364. The molecule has 0 spiro atoms. The zero-order chi connectivity index (χ0) is 18.8. The number of hydrogen-bond donors (Lipinski definition) is 1. The number of benzene rings is 1. The Kier molecular flexibility index (Phi) is 4.47. The lowest BCUT2D eigenvalue weighted by Crippen LogP contribution is -2.20. The first-order chi connectivity index (χ1) is 12.5. The molecule has 3 rings (SSSR count). The molecule has 0 saturated heterocycles. The normalized spacial score (nSPS) is 14.1. The summed E-state index contributed by atoms with van der Waals surface area (Å²) in [4.78, 5) is 3.04. The van der Waals surface area contributed by atoms with E-state index in [1.54, 1.807) is 0 Å². The largest absolute Gasteiger partial charge is 0.494 e. The van der Waals surface area contributed by atoms with E-state index in [4.69, 9.17) is 10.5 Å². The summed E-state index contributed by atoms with van der Waals surface area (Å²) >= 11 is 0. The number of nitrogen functional groups attached to an aromatic ring is 1. The number of ether oxygens (including phenoxy) is 1. The number of aromatic nitrogens is 1. The van der Waals surface area contributed by atoms with Gasteiger partial charge in [-0.25, -0.2) is 4.98 Å². The van der Waals surface area contributed by atoms with Gasteiger partial charge >= 0.3 is 0 Å². The van der Waals surface area contributed by atoms with Crippen LogP contribution in [0.5, 0.6) is 5.75 Å². The predicted octanol–water partition coefficient (Wildman–Crippen LogP) is 3.51. The Balaban J connectivity index is 2.19. The molecule has 5 heteroatoms. The summed E-state index contributed by atoms with van der Waals surface area (Å²) < 4.78 is 5.48. The molecule has 0 fully saturated rings. The quantitative estimate of drug-likeness (QED) is 0.922. The van der Waals surface area contributed by atoms with Gasteiger partial charge in [0.05, 0.1) is 6.61 Å². The van der Waals surface area contributed by atoms with Gasteiger partial charge in [-0.2, -0.15) is 10.5 Å². The Morgan fingerprint density at radius 2 is 1.85 bits per heavy atom. The molecule has 0 bridgehead atoms. The number of nitrogens with one attached hydrogen (secondary N) is 1. The van der Waals surface area contributed by atoms with E-state index in [0.29, 0.717) is 23.4 Å². The average Bonchev–Trinajstić information content (AvgIpc) is 2.88. The minimum atomic E-state index is 0.284. The standard InChI is InChI=1S/C21H18N4O/c1-4-26-15-7-5-14(6-8-15)9-16-12(2)17(10-22)20-19(16)13(3)18(11-23)21(24)25-20/h5-9H,4H2,1-3H3,(H2,24,25)/p+1/b16-9+. The highest BCUT2D eigenvalue weighted by molar-refractivity contribution is 6.07. The van der Waals surface area contributed by atoms with Crippen molar-refractivity contribution in [2.75, 3.05) is 12.3 Å². The van der Waals surface area contributed by atoms with Crippen molar-refractivity contribution in [3.05, 3.63) is 57.8 Å². The number of hydrogen-bond acceptors (Lipinski definition) is 4. The van der Waals surface area contributed by atoms with Crippen molar-refractivity contribution in [2.24, 2.45) is 0 Å². The molecule has 26 heavy (non-hydrogen) atoms. The number of nitriles is 2. The van der Waals surface area contributed by atoms with Gasteiger partial charge in [-0.1, -0.05) is 12.1 Å². The minimum absolute atomic E-state index is 0.284. The van der Waals surface area contributed by atoms with Gasteiger partial charge in [0, 0.05) is 5.56 Å². The van der Waals surface area contributed by atoms with E-state index >= 15 is 0 Å². The smallest absolute Gasteiger partial charge is 0.289 e. The van der Waals surface area contributed by atoms with Gasteiger partial charge in [-0.05, 0) is 61.3 Å². The highest BCUT2D eigenvalue weighted by Gasteiger charge is 2.32. The van der Waals surface area contributed by atoms with Crippen LogP contribution in [0.25, 0.3) is 17.2 Å². The SMILES string of the molecule is CCOc1ccc(/C=C2\C(C)=C(C#N)c3[nH+]c(N)c(C#N)c(C)c32)cc1. The molecule has 0 unspecified atom stereocenters. The first-order valence-electron chi connectivity index (χ1n) is 8.33. The molecule has 2 aromatic rings. The number of allylic oxidation sites excluding steroid dienone is 3. The minimum Gasteiger partial charge on any atom is -0.494 e. The van der Waals surface area contributed by atoms with Crippen LogP contribution in [0.1, 0.15) is 41.8 Å². The van der Waals surface area contributed by atoms with Gasteiger partial charge in [-0.3, -0.25) is 5.73 Å². The number of nitrogens with two attached hydrogens (primary N) is 1. The lowest BCUT2D eigenvalue weighted by Gasteiger charge is -2.09. The number of H-pyrrole nitrogens is 1. The first kappa shape index (κ1) is 17.3. The second-order valence-electron chi connectivity index (χ2n) is 6.07. The molecular formula is C21H19N4O+. The number of rotatable bonds is 3. The van der Waals surface area contributed by atoms with E-state index in [1.807, 2.05) is 51.1 Å². The summed E-state index contributed by atoms with van der Waals surface area (Å²) in [6, 6.07) is 12.2. The molecule has 1 aliphatic rings. The van der Waals surface area contributed by atoms with Crippen molar-refractivity contribution in [3.8, 4) is 17.9 Å². The van der Waals surface area contributed by atoms with E-state index in [-0.39, 0.29) is 5.82 Å². The number of anilines is 1. The number of pyridine rings is 1. The molecule has 3 N–H and O–H groups in total. The van der Waals surface area contributed by atoms with Crippen LogP contribution in [0.2, 0.25) is 0 Å². The first-order valence-corrected chi connectivity index (χ1v) is 8.33. The fourth-order valence-corrected chi connectivity index (χ4v) is 3.27. The molecular weight excluding hydrogens is 324 g/mol. The number of fused-ring (bicyclic) bond motifs is 1. The molecule has 1 heterocycles. The maximum absolute atomic E-state index is 9.59. The third-order valence-corrected chi connectivity index (χ3v) is 4.55. The summed E-state index contributed by atoms with van der Waals surface area (Å²) in [7, 11) is 0. The third-order valence-electron chi connectivity index (χ3n) is 4.55. The summed E-state index contributed by atoms with van der Waals surface area (Å²) in [5.74, 6) is 1.10. The van der Waals surface area contributed by atoms with Crippen LogP contribution < -0.4 is 15.5 Å². The van der Waals surface area contributed by atoms with E-state index in [1.165, 1.54) is 0 Å². The fraction of sp³-hybridized carbons (Fsp3) is 0.190. The van der Waals surface area contributed by atoms with Crippen molar-refractivity contribution in [1.29, 1.82) is 10.5 Å². The monoisotopic (exact) mass is 343 g/mol. The molecule has 1 aliphatic carbocycles. The zero-order valence-corrected chi connectivity index (χ0v) is 15.0. The van der Waals surface area contributed by atoms with Crippen molar-refractivity contribution in [1.82, 2.24) is 0 Å².